The van der Waals surface area contributed by atoms with Gasteiger partial charge >= 0.3 is 0 Å². The average Bonchev–Trinajstić information content (AvgIpc) is 2.14. The molecule has 13 heavy (non-hydrogen) atoms. The van der Waals surface area contributed by atoms with Crippen LogP contribution in [0.3, 0.4) is 0 Å². The summed E-state index contributed by atoms with van der Waals surface area (Å²) in [6, 6.07) is -0.693. The molecule has 0 aliphatic carbocycles. The van der Waals surface area contributed by atoms with E-state index in [9.17, 15) is 4.79 Å². The quantitative estimate of drug-likeness (QED) is 0.562. The highest BCUT2D eigenvalue weighted by molar-refractivity contribution is 5.82. The highest BCUT2D eigenvalue weighted by atomic mass is 16.3. The van der Waals surface area contributed by atoms with Gasteiger partial charge in [-0.2, -0.15) is 0 Å². The van der Waals surface area contributed by atoms with Crippen LogP contribution in [0.1, 0.15) is 27.2 Å². The van der Waals surface area contributed by atoms with E-state index in [-0.39, 0.29) is 24.5 Å². The molecule has 4 N–H and O–H groups in total. The number of amides is 1. The van der Waals surface area contributed by atoms with Crippen molar-refractivity contribution in [2.24, 2.45) is 11.7 Å². The Balaban J connectivity index is 3.96. The van der Waals surface area contributed by atoms with Gasteiger partial charge in [0.1, 0.15) is 0 Å². The second kappa shape index (κ2) is 5.94. The molecule has 0 radical (unpaired) electrons. The number of hydrogen-bond donors (Lipinski definition) is 3. The number of rotatable bonds is 5. The summed E-state index contributed by atoms with van der Waals surface area (Å²) in [7, 11) is 0. The van der Waals surface area contributed by atoms with E-state index in [1.165, 1.54) is 0 Å². The molecule has 0 aliphatic rings. The van der Waals surface area contributed by atoms with Crippen molar-refractivity contribution in [3.05, 3.63) is 0 Å². The molecule has 0 spiro atoms. The van der Waals surface area contributed by atoms with Gasteiger partial charge in [-0.15, -0.1) is 0 Å². The Morgan fingerprint density at radius 3 is 2.46 bits per heavy atom. The minimum absolute atomic E-state index is 0.0566. The van der Waals surface area contributed by atoms with Gasteiger partial charge in [0.05, 0.1) is 12.6 Å². The molecule has 4 nitrogen and oxygen atoms in total. The van der Waals surface area contributed by atoms with Gasteiger partial charge in [-0.05, 0) is 12.8 Å². The summed E-state index contributed by atoms with van der Waals surface area (Å²) in [6.07, 6.45) is 0.877. The van der Waals surface area contributed by atoms with Crippen molar-refractivity contribution in [3.63, 3.8) is 0 Å². The predicted molar refractivity (Wildman–Crippen MR) is 52.1 cm³/mol. The summed E-state index contributed by atoms with van der Waals surface area (Å²) >= 11 is 0. The SMILES string of the molecule is CCC(C)C(N)C(=O)N[C@@H](C)CO. The topological polar surface area (TPSA) is 75.4 Å². The third-order valence-corrected chi connectivity index (χ3v) is 2.22. The van der Waals surface area contributed by atoms with Crippen molar-refractivity contribution >= 4 is 5.91 Å². The molecule has 0 aliphatic heterocycles. The van der Waals surface area contributed by atoms with Crippen LogP contribution in [0.2, 0.25) is 0 Å². The largest absolute Gasteiger partial charge is 0.394 e. The zero-order valence-electron chi connectivity index (χ0n) is 8.58. The van der Waals surface area contributed by atoms with Crippen LogP contribution in [0, 0.1) is 5.92 Å². The van der Waals surface area contributed by atoms with Crippen LogP contribution in [0.15, 0.2) is 0 Å². The number of carbonyl (C=O) groups excluding carboxylic acids is 1. The number of carbonyl (C=O) groups is 1. The number of hydrogen-bond acceptors (Lipinski definition) is 3. The lowest BCUT2D eigenvalue weighted by molar-refractivity contribution is -0.124. The molecule has 0 aromatic carbocycles. The van der Waals surface area contributed by atoms with E-state index in [1.807, 2.05) is 13.8 Å². The molecule has 0 saturated heterocycles. The second-order valence-corrected chi connectivity index (χ2v) is 3.50. The van der Waals surface area contributed by atoms with E-state index < -0.39 is 6.04 Å². The van der Waals surface area contributed by atoms with Crippen LogP contribution in [-0.2, 0) is 4.79 Å². The normalized spacial score (nSPS) is 17.6. The Labute approximate surface area is 79.5 Å². The molecule has 2 unspecified atom stereocenters. The van der Waals surface area contributed by atoms with Crippen molar-refractivity contribution in [1.29, 1.82) is 0 Å². The van der Waals surface area contributed by atoms with Gasteiger partial charge in [-0.3, -0.25) is 4.79 Å². The molecule has 0 heterocycles. The van der Waals surface area contributed by atoms with Gasteiger partial charge in [0.15, 0.2) is 0 Å². The fourth-order valence-corrected chi connectivity index (χ4v) is 0.897. The fourth-order valence-electron chi connectivity index (χ4n) is 0.897. The zero-order chi connectivity index (χ0) is 10.4. The maximum atomic E-state index is 11.4. The molecule has 0 aromatic heterocycles. The first-order chi connectivity index (χ1) is 6.02. The molecule has 0 aromatic rings. The lowest BCUT2D eigenvalue weighted by Crippen LogP contribution is -2.48. The Hall–Kier alpha value is -0.610. The van der Waals surface area contributed by atoms with E-state index in [0.29, 0.717) is 0 Å². The van der Waals surface area contributed by atoms with Crippen molar-refractivity contribution in [2.45, 2.75) is 39.3 Å². The Kier molecular flexibility index (Phi) is 5.66. The summed E-state index contributed by atoms with van der Waals surface area (Å²) in [4.78, 5) is 11.4. The first kappa shape index (κ1) is 12.4. The molecular formula is C9H20N2O2. The van der Waals surface area contributed by atoms with Crippen LogP contribution in [-0.4, -0.2) is 29.7 Å². The van der Waals surface area contributed by atoms with Crippen molar-refractivity contribution in [3.8, 4) is 0 Å². The van der Waals surface area contributed by atoms with Crippen LogP contribution in [0.4, 0.5) is 0 Å². The highest BCUT2D eigenvalue weighted by Gasteiger charge is 2.20. The zero-order valence-corrected chi connectivity index (χ0v) is 8.58. The average molecular weight is 188 g/mol. The minimum Gasteiger partial charge on any atom is -0.394 e. The molecule has 0 saturated carbocycles. The highest BCUT2D eigenvalue weighted by Crippen LogP contribution is 2.05. The molecule has 0 rings (SSSR count). The monoisotopic (exact) mass is 188 g/mol. The van der Waals surface area contributed by atoms with E-state index in [0.717, 1.165) is 6.42 Å². The maximum Gasteiger partial charge on any atom is 0.237 e. The number of nitrogens with two attached hydrogens (primary N) is 1. The van der Waals surface area contributed by atoms with Gasteiger partial charge in [-0.25, -0.2) is 0 Å². The second-order valence-electron chi connectivity index (χ2n) is 3.50. The number of nitrogens with one attached hydrogen (secondary N) is 1. The molecule has 78 valence electrons. The third kappa shape index (κ3) is 4.24. The standard InChI is InChI=1S/C9H20N2O2/c1-4-6(2)8(10)9(13)11-7(3)5-12/h6-8,12H,4-5,10H2,1-3H3,(H,11,13)/t6?,7-,8?/m0/s1. The van der Waals surface area contributed by atoms with Gasteiger partial charge in [-0.1, -0.05) is 20.3 Å². The Morgan fingerprint density at radius 2 is 2.08 bits per heavy atom. The van der Waals surface area contributed by atoms with E-state index in [1.54, 1.807) is 6.92 Å². The summed E-state index contributed by atoms with van der Waals surface area (Å²) in [5.74, 6) is -0.0122. The lowest BCUT2D eigenvalue weighted by atomic mass is 9.99. The van der Waals surface area contributed by atoms with Gasteiger partial charge in [0.2, 0.25) is 5.91 Å². The minimum atomic E-state index is -0.473. The third-order valence-electron chi connectivity index (χ3n) is 2.22. The van der Waals surface area contributed by atoms with Crippen LogP contribution < -0.4 is 11.1 Å². The van der Waals surface area contributed by atoms with Crippen molar-refractivity contribution < 1.29 is 9.90 Å². The molecule has 3 atom stereocenters. The fraction of sp³-hybridized carbons (Fsp3) is 0.889. The summed E-state index contributed by atoms with van der Waals surface area (Å²) in [6.45, 7) is 5.61. The van der Waals surface area contributed by atoms with Crippen molar-refractivity contribution in [1.82, 2.24) is 5.32 Å². The maximum absolute atomic E-state index is 11.4. The van der Waals surface area contributed by atoms with Gasteiger partial charge in [0, 0.05) is 6.04 Å². The molecule has 0 fully saturated rings. The smallest absolute Gasteiger partial charge is 0.237 e. The molecular weight excluding hydrogens is 168 g/mol. The summed E-state index contributed by atoms with van der Waals surface area (Å²) in [5, 5.41) is 11.3. The van der Waals surface area contributed by atoms with Gasteiger partial charge in [0.25, 0.3) is 0 Å². The van der Waals surface area contributed by atoms with E-state index in [2.05, 4.69) is 5.32 Å². The lowest BCUT2D eigenvalue weighted by Gasteiger charge is -2.19. The number of aliphatic hydroxyl groups is 1. The van der Waals surface area contributed by atoms with Crippen LogP contribution in [0.25, 0.3) is 0 Å². The van der Waals surface area contributed by atoms with Crippen LogP contribution in [0.5, 0.6) is 0 Å². The first-order valence-corrected chi connectivity index (χ1v) is 4.69. The molecule has 1 amide bonds. The van der Waals surface area contributed by atoms with E-state index >= 15 is 0 Å². The van der Waals surface area contributed by atoms with Gasteiger partial charge < -0.3 is 16.2 Å². The Morgan fingerprint density at radius 1 is 1.54 bits per heavy atom. The predicted octanol–water partition coefficient (Wildman–Crippen LogP) is -0.143. The van der Waals surface area contributed by atoms with Crippen molar-refractivity contribution in [2.75, 3.05) is 6.61 Å². The number of aliphatic hydroxyl groups excluding tert-OH is 1. The molecule has 0 bridgehead atoms. The van der Waals surface area contributed by atoms with Crippen LogP contribution >= 0.6 is 0 Å². The Bertz CT molecular complexity index is 162. The summed E-state index contributed by atoms with van der Waals surface area (Å²) in [5.41, 5.74) is 5.68. The van der Waals surface area contributed by atoms with E-state index in [4.69, 9.17) is 10.8 Å². The first-order valence-electron chi connectivity index (χ1n) is 4.69. The molecule has 4 heteroatoms. The summed E-state index contributed by atoms with van der Waals surface area (Å²) < 4.78 is 0.